The number of likely N-dealkylation sites (N-methyl/N-ethyl adjacent to an activating group) is 1. The highest BCUT2D eigenvalue weighted by Crippen LogP contribution is 2.41. The molecule has 0 spiro atoms. The average molecular weight is 1660 g/mol. The Labute approximate surface area is 691 Å². The number of H-pyrrole nitrogens is 1. The molecule has 37 heteroatoms. The number of nitrogens with one attached hydrogen (secondary N) is 12. The zero-order valence-corrected chi connectivity index (χ0v) is 69.7. The van der Waals surface area contributed by atoms with E-state index in [1.165, 1.54) is 39.0 Å². The van der Waals surface area contributed by atoms with Gasteiger partial charge >= 0.3 is 12.1 Å². The van der Waals surface area contributed by atoms with Crippen molar-refractivity contribution in [3.05, 3.63) is 117 Å². The fourth-order valence-corrected chi connectivity index (χ4v) is 13.5. The molecule has 119 heavy (non-hydrogen) atoms. The number of para-hydroxylation sites is 1. The molecule has 12 atom stereocenters. The van der Waals surface area contributed by atoms with Gasteiger partial charge in [-0.1, -0.05) is 111 Å². The number of aromatic amines is 1. The van der Waals surface area contributed by atoms with Crippen molar-refractivity contribution in [3.8, 4) is 5.75 Å². The molecule has 36 nitrogen and oxygen atoms in total. The van der Waals surface area contributed by atoms with Crippen molar-refractivity contribution in [3.63, 3.8) is 0 Å². The molecule has 4 aromatic rings. The summed E-state index contributed by atoms with van der Waals surface area (Å²) in [6, 6.07) is 2.49. The SMILES string of the molecule is CCN(CC)CCNC(=O)c1c(C)[nH]c(/C=C2\C(=O)N(C(=O)Oc3c(COC(=O)C(C)C(C)C(=O)N[C@@H](CO)C(=O)N[C@@H](CCN)C(=O)N[C@H]4CCNC(=O)[C@H]([C@@H](C)O)NC(=O)[C@H](CCN)NC(=O)[C@H](CCN)NC(=O)[C@H](CC(C)C)NC(=O)[C@@H](Cc5ccccc5)NC(=O)[C@H](CCN)NC4=O)cccc3C(C)(C)C)c3ccc(F)cc32)c1C. The van der Waals surface area contributed by atoms with E-state index >= 15 is 4.39 Å². The van der Waals surface area contributed by atoms with Crippen LogP contribution in [0.25, 0.3) is 11.6 Å². The standard InChI is InChI=1S/C82H119FN18O18/c1-13-100(14-2)36-35-89-77(113)65-46(7)60(90-47(65)8)40-53-52-39-51(83)23-24-64(52)101(79(53)115)81(117)119-67-50(21-18-22-54(67)82(10,11)12)42-118-80(116)45(6)44(5)68(104)98-63(41-102)76(112)94-56(26-31-85)70(106)95-59-29-34-88-78(114)66(48(9)103)99-73(109)58(28-33-87)92-69(105)55(25-30-84)93-74(110)61(37-43(3)4)96-75(111)62(38-49-19-16-15-17-20-49)97-71(107)57(27-32-86)91-72(59)108/h15-24,39-40,43-45,48,55-59,61-63,66,90,102-103H,13-14,25-38,41-42,84-87H2,1-12H3,(H,88,114)(H,89,113)(H,91,108)(H,92,105)(H,93,110)(H,94,112)(H,95,106)(H,96,111)(H,97,107)(H,98,104)(H,99,109)/b53-40-/t44?,45?,48-,55+,56+,57+,58+,59+,61+,62-,63+,66+/m1/s1. The molecule has 0 aliphatic carbocycles. The van der Waals surface area contributed by atoms with Crippen LogP contribution in [0.2, 0.25) is 0 Å². The van der Waals surface area contributed by atoms with Crippen molar-refractivity contribution in [2.45, 2.75) is 201 Å². The third-order valence-electron chi connectivity index (χ3n) is 20.6. The van der Waals surface area contributed by atoms with E-state index in [0.29, 0.717) is 46.7 Å². The number of benzene rings is 3. The number of carbonyl (C=O) groups is 14. The summed E-state index contributed by atoms with van der Waals surface area (Å²) in [5.74, 6) is -15.7. The number of hydrogen-bond acceptors (Lipinski definition) is 23. The van der Waals surface area contributed by atoms with Crippen molar-refractivity contribution >= 4 is 100 Å². The molecule has 2 aliphatic rings. The zero-order chi connectivity index (χ0) is 88.3. The Bertz CT molecular complexity index is 4300. The van der Waals surface area contributed by atoms with E-state index < -0.39 is 187 Å². The second-order valence-electron chi connectivity index (χ2n) is 31.0. The molecule has 13 amide bonds. The zero-order valence-electron chi connectivity index (χ0n) is 69.7. The molecule has 2 unspecified atom stereocenters. The van der Waals surface area contributed by atoms with Gasteiger partial charge in [-0.3, -0.25) is 62.3 Å². The summed E-state index contributed by atoms with van der Waals surface area (Å²) in [7, 11) is 0. The van der Waals surface area contributed by atoms with Gasteiger partial charge in [0.15, 0.2) is 0 Å². The summed E-state index contributed by atoms with van der Waals surface area (Å²) in [6.07, 6.45) is -3.06. The van der Waals surface area contributed by atoms with Crippen LogP contribution >= 0.6 is 0 Å². The lowest BCUT2D eigenvalue weighted by molar-refractivity contribution is -0.153. The average Bonchev–Trinajstić information content (AvgIpc) is 1.60. The van der Waals surface area contributed by atoms with Gasteiger partial charge in [-0.2, -0.15) is 0 Å². The van der Waals surface area contributed by atoms with E-state index in [4.69, 9.17) is 32.4 Å². The minimum absolute atomic E-state index is 0.0119. The van der Waals surface area contributed by atoms with Crippen LogP contribution in [0.1, 0.15) is 157 Å². The Kier molecular flexibility index (Phi) is 37.2. The number of aliphatic hydroxyl groups is 2. The van der Waals surface area contributed by atoms with Gasteiger partial charge in [0, 0.05) is 60.1 Å². The monoisotopic (exact) mass is 1660 g/mol. The van der Waals surface area contributed by atoms with Gasteiger partial charge in [0.25, 0.3) is 11.8 Å². The van der Waals surface area contributed by atoms with E-state index in [9.17, 15) is 77.3 Å². The summed E-state index contributed by atoms with van der Waals surface area (Å²) in [5, 5.41) is 49.8. The molecule has 22 N–H and O–H groups in total. The number of aromatic nitrogens is 1. The Morgan fingerprint density at radius 3 is 1.82 bits per heavy atom. The van der Waals surface area contributed by atoms with Crippen LogP contribution in [0.15, 0.2) is 66.7 Å². The van der Waals surface area contributed by atoms with Gasteiger partial charge in [0.1, 0.15) is 72.6 Å². The van der Waals surface area contributed by atoms with Gasteiger partial charge in [-0.05, 0) is 145 Å². The predicted octanol–water partition coefficient (Wildman–Crippen LogP) is -0.518. The topological polar surface area (TPSA) is 557 Å². The molecule has 2 aliphatic heterocycles. The Morgan fingerprint density at radius 1 is 0.681 bits per heavy atom. The van der Waals surface area contributed by atoms with Crippen LogP contribution < -0.4 is 91.1 Å². The first-order valence-electron chi connectivity index (χ1n) is 40.1. The molecule has 6 rings (SSSR count). The lowest BCUT2D eigenvalue weighted by Crippen LogP contribution is -2.61. The highest BCUT2D eigenvalue weighted by molar-refractivity contribution is 6.41. The van der Waals surface area contributed by atoms with Gasteiger partial charge in [-0.25, -0.2) is 14.1 Å². The number of nitrogens with two attached hydrogens (primary N) is 4. The molecule has 1 saturated heterocycles. The van der Waals surface area contributed by atoms with Crippen molar-refractivity contribution in [1.82, 2.24) is 68.4 Å². The number of aryl methyl sites for hydroxylation is 1. The molecule has 3 aromatic carbocycles. The van der Waals surface area contributed by atoms with Crippen molar-refractivity contribution < 1.29 is 91.2 Å². The Morgan fingerprint density at radius 2 is 1.25 bits per heavy atom. The third kappa shape index (κ3) is 27.0. The molecule has 0 bridgehead atoms. The molecule has 0 saturated carbocycles. The second kappa shape index (κ2) is 45.7. The number of ether oxygens (including phenoxy) is 2. The number of anilines is 1. The summed E-state index contributed by atoms with van der Waals surface area (Å²) in [6.45, 7) is 19.9. The molecular formula is C82H119FN18O18. The van der Waals surface area contributed by atoms with Gasteiger partial charge in [0.2, 0.25) is 59.1 Å². The maximum Gasteiger partial charge on any atom is 0.427 e. The summed E-state index contributed by atoms with van der Waals surface area (Å²) in [4.78, 5) is 206. The maximum atomic E-state index is 15.1. The van der Waals surface area contributed by atoms with E-state index in [1.54, 1.807) is 70.2 Å². The van der Waals surface area contributed by atoms with Crippen molar-refractivity contribution in [2.24, 2.45) is 40.7 Å². The number of nitrogens with zero attached hydrogens (tertiary/aromatic N) is 2. The Balaban J connectivity index is 1.21. The van der Waals surface area contributed by atoms with Crippen molar-refractivity contribution in [1.29, 1.82) is 0 Å². The highest BCUT2D eigenvalue weighted by atomic mass is 19.1. The summed E-state index contributed by atoms with van der Waals surface area (Å²) in [5.41, 5.74) is 25.8. The molecule has 0 radical (unpaired) electrons. The molecule has 1 fully saturated rings. The third-order valence-corrected chi connectivity index (χ3v) is 20.6. The number of esters is 1. The predicted molar refractivity (Wildman–Crippen MR) is 439 cm³/mol. The fraction of sp³-hybridized carbons (Fsp3) is 0.537. The molecule has 1 aromatic heterocycles. The quantitative estimate of drug-likeness (QED) is 0.0216. The molecule has 652 valence electrons. The highest BCUT2D eigenvalue weighted by Gasteiger charge is 2.42. The number of fused-ring (bicyclic) bond motifs is 1. The van der Waals surface area contributed by atoms with E-state index in [-0.39, 0.29) is 105 Å². The van der Waals surface area contributed by atoms with E-state index in [1.807, 2.05) is 34.6 Å². The van der Waals surface area contributed by atoms with Crippen LogP contribution in [0.5, 0.6) is 5.75 Å². The first kappa shape index (κ1) is 96.7. The second-order valence-corrected chi connectivity index (χ2v) is 31.0. The minimum Gasteiger partial charge on any atom is -0.460 e. The van der Waals surface area contributed by atoms with Crippen LogP contribution in [0.4, 0.5) is 14.9 Å². The first-order valence-corrected chi connectivity index (χ1v) is 40.1. The molecule has 3 heterocycles. The number of imide groups is 1. The summed E-state index contributed by atoms with van der Waals surface area (Å²) >= 11 is 0. The minimum atomic E-state index is -1.82. The molecular weight excluding hydrogens is 1540 g/mol. The Hall–Kier alpha value is -11.1. The lowest BCUT2D eigenvalue weighted by atomic mass is 9.85. The van der Waals surface area contributed by atoms with E-state index in [2.05, 4.69) is 68.4 Å². The van der Waals surface area contributed by atoms with Crippen LogP contribution in [0.3, 0.4) is 0 Å². The van der Waals surface area contributed by atoms with Crippen LogP contribution in [0, 0.1) is 37.4 Å². The van der Waals surface area contributed by atoms with Gasteiger partial charge in [-0.15, -0.1) is 0 Å². The summed E-state index contributed by atoms with van der Waals surface area (Å²) < 4.78 is 27.0. The van der Waals surface area contributed by atoms with Crippen molar-refractivity contribution in [2.75, 3.05) is 70.4 Å². The normalized spacial score (nSPS) is 20.4. The number of aliphatic hydroxyl groups excluding tert-OH is 2. The van der Waals surface area contributed by atoms with Crippen LogP contribution in [-0.4, -0.2) is 229 Å². The fourth-order valence-electron chi connectivity index (χ4n) is 13.5. The number of halogens is 1. The lowest BCUT2D eigenvalue weighted by Gasteiger charge is -2.28. The van der Waals surface area contributed by atoms with Gasteiger partial charge < -0.3 is 111 Å². The number of carbonyl (C=O) groups excluding carboxylic acids is 14. The van der Waals surface area contributed by atoms with Gasteiger partial charge in [0.05, 0.1) is 35.5 Å². The number of amides is 13. The number of rotatable bonds is 32. The maximum absolute atomic E-state index is 15.1. The largest absolute Gasteiger partial charge is 0.460 e. The van der Waals surface area contributed by atoms with Crippen LogP contribution in [-0.2, 0) is 80.7 Å². The first-order chi connectivity index (χ1) is 56.4. The number of hydrogen-bond donors (Lipinski definition) is 18. The smallest absolute Gasteiger partial charge is 0.427 e. The van der Waals surface area contributed by atoms with E-state index in [0.717, 1.165) is 30.1 Å².